The first kappa shape index (κ1) is 12.6. The lowest BCUT2D eigenvalue weighted by molar-refractivity contribution is -0.129. The Morgan fingerprint density at radius 3 is 2.82 bits per heavy atom. The van der Waals surface area contributed by atoms with Crippen molar-refractivity contribution in [2.24, 2.45) is 0 Å². The number of likely N-dealkylation sites (tertiary alicyclic amines) is 1. The van der Waals surface area contributed by atoms with Crippen LogP contribution in [0.3, 0.4) is 0 Å². The quantitative estimate of drug-likeness (QED) is 0.785. The first-order valence-electron chi connectivity index (χ1n) is 6.20. The van der Waals surface area contributed by atoms with Crippen LogP contribution in [-0.2, 0) is 4.79 Å². The molecule has 1 fully saturated rings. The Kier molecular flexibility index (Phi) is 4.21. The summed E-state index contributed by atoms with van der Waals surface area (Å²) in [6, 6.07) is 10.5. The normalized spacial score (nSPS) is 21.5. The minimum Gasteiger partial charge on any atom is -0.341 e. The third kappa shape index (κ3) is 2.89. The lowest BCUT2D eigenvalue weighted by atomic mass is 9.99. The minimum absolute atomic E-state index is 0.0166. The summed E-state index contributed by atoms with van der Waals surface area (Å²) in [5.74, 6) is 0.752. The fourth-order valence-corrected chi connectivity index (χ4v) is 2.62. The highest BCUT2D eigenvalue weighted by Gasteiger charge is 2.29. The van der Waals surface area contributed by atoms with E-state index in [1.165, 1.54) is 5.56 Å². The molecule has 1 aliphatic rings. The Morgan fingerprint density at radius 1 is 1.47 bits per heavy atom. The SMILES string of the molecule is CCC(Br)C(=O)N1CCC(c2ccccc2)C1. The number of benzene rings is 1. The van der Waals surface area contributed by atoms with Crippen molar-refractivity contribution in [1.82, 2.24) is 4.90 Å². The highest BCUT2D eigenvalue weighted by Crippen LogP contribution is 2.28. The Hall–Kier alpha value is -0.830. The van der Waals surface area contributed by atoms with Gasteiger partial charge in [0, 0.05) is 19.0 Å². The first-order valence-corrected chi connectivity index (χ1v) is 7.11. The van der Waals surface area contributed by atoms with Gasteiger partial charge in [-0.3, -0.25) is 4.79 Å². The number of nitrogens with zero attached hydrogens (tertiary/aromatic N) is 1. The zero-order chi connectivity index (χ0) is 12.3. The van der Waals surface area contributed by atoms with Crippen LogP contribution < -0.4 is 0 Å². The number of amides is 1. The van der Waals surface area contributed by atoms with Gasteiger partial charge in [-0.15, -0.1) is 0 Å². The van der Waals surface area contributed by atoms with Gasteiger partial charge in [0.1, 0.15) is 0 Å². The maximum absolute atomic E-state index is 12.0. The summed E-state index contributed by atoms with van der Waals surface area (Å²) in [6.07, 6.45) is 1.94. The molecule has 2 atom stereocenters. The predicted molar refractivity (Wildman–Crippen MR) is 73.4 cm³/mol. The van der Waals surface area contributed by atoms with Gasteiger partial charge in [0.15, 0.2) is 0 Å². The Balaban J connectivity index is 1.98. The molecular formula is C14H18BrNO. The third-order valence-corrected chi connectivity index (χ3v) is 4.44. The molecule has 0 radical (unpaired) electrons. The van der Waals surface area contributed by atoms with E-state index in [0.29, 0.717) is 5.92 Å². The molecule has 1 saturated heterocycles. The van der Waals surface area contributed by atoms with Crippen molar-refractivity contribution >= 4 is 21.8 Å². The van der Waals surface area contributed by atoms with Crippen LogP contribution in [0.4, 0.5) is 0 Å². The standard InChI is InChI=1S/C14H18BrNO/c1-2-13(15)14(17)16-9-8-12(10-16)11-6-4-3-5-7-11/h3-7,12-13H,2,8-10H2,1H3. The molecule has 3 heteroatoms. The van der Waals surface area contributed by atoms with E-state index in [2.05, 4.69) is 40.2 Å². The van der Waals surface area contributed by atoms with Gasteiger partial charge in [-0.2, -0.15) is 0 Å². The van der Waals surface area contributed by atoms with Gasteiger partial charge < -0.3 is 4.90 Å². The Morgan fingerprint density at radius 2 is 2.18 bits per heavy atom. The van der Waals surface area contributed by atoms with Crippen LogP contribution in [0.15, 0.2) is 30.3 Å². The Bertz CT molecular complexity index is 379. The molecule has 0 bridgehead atoms. The third-order valence-electron chi connectivity index (χ3n) is 3.40. The summed E-state index contributed by atoms with van der Waals surface area (Å²) in [6.45, 7) is 3.79. The van der Waals surface area contributed by atoms with Crippen molar-refractivity contribution in [1.29, 1.82) is 0 Å². The summed E-state index contributed by atoms with van der Waals surface area (Å²) < 4.78 is 0. The molecular weight excluding hydrogens is 278 g/mol. The van der Waals surface area contributed by atoms with Crippen LogP contribution in [0.5, 0.6) is 0 Å². The van der Waals surface area contributed by atoms with Gasteiger partial charge in [0.25, 0.3) is 0 Å². The maximum Gasteiger partial charge on any atom is 0.236 e. The molecule has 1 amide bonds. The summed E-state index contributed by atoms with van der Waals surface area (Å²) >= 11 is 3.44. The molecule has 1 aromatic rings. The molecule has 2 nitrogen and oxygen atoms in total. The number of carbonyl (C=O) groups is 1. The van der Waals surface area contributed by atoms with E-state index in [0.717, 1.165) is 25.9 Å². The minimum atomic E-state index is -0.0166. The van der Waals surface area contributed by atoms with E-state index in [9.17, 15) is 4.79 Å². The van der Waals surface area contributed by atoms with Crippen LogP contribution >= 0.6 is 15.9 Å². The topological polar surface area (TPSA) is 20.3 Å². The van der Waals surface area contributed by atoms with E-state index in [4.69, 9.17) is 0 Å². The number of carbonyl (C=O) groups excluding carboxylic acids is 1. The van der Waals surface area contributed by atoms with Crippen molar-refractivity contribution in [3.8, 4) is 0 Å². The molecule has 0 spiro atoms. The lowest BCUT2D eigenvalue weighted by Crippen LogP contribution is -2.34. The van der Waals surface area contributed by atoms with Gasteiger partial charge in [-0.05, 0) is 18.4 Å². The first-order chi connectivity index (χ1) is 8.22. The molecule has 1 aliphatic heterocycles. The summed E-state index contributed by atoms with van der Waals surface area (Å²) in [5, 5.41) is 0. The number of hydrogen-bond donors (Lipinski definition) is 0. The van der Waals surface area contributed by atoms with Crippen LogP contribution in [0.2, 0.25) is 0 Å². The van der Waals surface area contributed by atoms with Gasteiger partial charge in [0.05, 0.1) is 4.83 Å². The second kappa shape index (κ2) is 5.67. The number of alkyl halides is 1. The highest BCUT2D eigenvalue weighted by atomic mass is 79.9. The molecule has 1 heterocycles. The van der Waals surface area contributed by atoms with Crippen LogP contribution in [0.25, 0.3) is 0 Å². The molecule has 2 unspecified atom stereocenters. The lowest BCUT2D eigenvalue weighted by Gasteiger charge is -2.19. The molecule has 92 valence electrons. The molecule has 0 N–H and O–H groups in total. The van der Waals surface area contributed by atoms with E-state index in [1.54, 1.807) is 0 Å². The number of hydrogen-bond acceptors (Lipinski definition) is 1. The van der Waals surface area contributed by atoms with Crippen LogP contribution in [0, 0.1) is 0 Å². The van der Waals surface area contributed by atoms with E-state index < -0.39 is 0 Å². The highest BCUT2D eigenvalue weighted by molar-refractivity contribution is 9.10. The zero-order valence-corrected chi connectivity index (χ0v) is 11.7. The van der Waals surface area contributed by atoms with Crippen molar-refractivity contribution in [2.75, 3.05) is 13.1 Å². The van der Waals surface area contributed by atoms with Crippen molar-refractivity contribution < 1.29 is 4.79 Å². The second-order valence-corrected chi connectivity index (χ2v) is 5.66. The average Bonchev–Trinajstić information content (AvgIpc) is 2.87. The van der Waals surface area contributed by atoms with Gasteiger partial charge in [-0.25, -0.2) is 0 Å². The molecule has 1 aromatic carbocycles. The molecule has 17 heavy (non-hydrogen) atoms. The number of halogens is 1. The molecule has 0 saturated carbocycles. The summed E-state index contributed by atoms with van der Waals surface area (Å²) in [7, 11) is 0. The van der Waals surface area contributed by atoms with Crippen molar-refractivity contribution in [3.05, 3.63) is 35.9 Å². The van der Waals surface area contributed by atoms with E-state index >= 15 is 0 Å². The molecule has 0 aliphatic carbocycles. The number of rotatable bonds is 3. The van der Waals surface area contributed by atoms with Crippen molar-refractivity contribution in [2.45, 2.75) is 30.5 Å². The fourth-order valence-electron chi connectivity index (χ4n) is 2.33. The zero-order valence-electron chi connectivity index (χ0n) is 10.1. The Labute approximate surface area is 111 Å². The average molecular weight is 296 g/mol. The maximum atomic E-state index is 12.0. The van der Waals surface area contributed by atoms with E-state index in [1.807, 2.05) is 17.9 Å². The van der Waals surface area contributed by atoms with Crippen molar-refractivity contribution in [3.63, 3.8) is 0 Å². The van der Waals surface area contributed by atoms with Gasteiger partial charge in [-0.1, -0.05) is 53.2 Å². The monoisotopic (exact) mass is 295 g/mol. The molecule has 0 aromatic heterocycles. The smallest absolute Gasteiger partial charge is 0.236 e. The van der Waals surface area contributed by atoms with E-state index in [-0.39, 0.29) is 10.7 Å². The summed E-state index contributed by atoms with van der Waals surface area (Å²) in [5.41, 5.74) is 1.35. The van der Waals surface area contributed by atoms with Gasteiger partial charge >= 0.3 is 0 Å². The van der Waals surface area contributed by atoms with Gasteiger partial charge in [0.2, 0.25) is 5.91 Å². The second-order valence-electron chi connectivity index (χ2n) is 4.56. The van der Waals surface area contributed by atoms with Crippen LogP contribution in [-0.4, -0.2) is 28.7 Å². The fraction of sp³-hybridized carbons (Fsp3) is 0.500. The predicted octanol–water partition coefficient (Wildman–Crippen LogP) is 3.18. The molecule has 2 rings (SSSR count). The largest absolute Gasteiger partial charge is 0.341 e. The summed E-state index contributed by atoms with van der Waals surface area (Å²) in [4.78, 5) is 14.0. The van der Waals surface area contributed by atoms with Crippen LogP contribution in [0.1, 0.15) is 31.2 Å².